The molecule has 1 heterocycles. The summed E-state index contributed by atoms with van der Waals surface area (Å²) < 4.78 is 0. The van der Waals surface area contributed by atoms with Crippen molar-refractivity contribution in [3.05, 3.63) is 29.8 Å². The second kappa shape index (κ2) is 5.19. The summed E-state index contributed by atoms with van der Waals surface area (Å²) in [5.41, 5.74) is 13.1. The largest absolute Gasteiger partial charge is 0.399 e. The fourth-order valence-electron chi connectivity index (χ4n) is 2.38. The molecular weight excluding hydrogens is 214 g/mol. The maximum absolute atomic E-state index is 11.2. The molecule has 1 aromatic rings. The van der Waals surface area contributed by atoms with Crippen LogP contribution in [0.25, 0.3) is 0 Å². The highest BCUT2D eigenvalue weighted by Crippen LogP contribution is 2.18. The molecule has 1 aliphatic heterocycles. The predicted molar refractivity (Wildman–Crippen MR) is 68.0 cm³/mol. The van der Waals surface area contributed by atoms with Crippen LogP contribution in [0.3, 0.4) is 0 Å². The molecule has 1 fully saturated rings. The number of piperidine rings is 1. The Hall–Kier alpha value is -1.55. The van der Waals surface area contributed by atoms with E-state index in [4.69, 9.17) is 11.5 Å². The van der Waals surface area contributed by atoms with Crippen molar-refractivity contribution in [1.82, 2.24) is 4.90 Å². The number of rotatable bonds is 3. The normalized spacial score (nSPS) is 21.3. The first-order valence-electron chi connectivity index (χ1n) is 6.01. The third-order valence-corrected chi connectivity index (χ3v) is 3.27. The minimum atomic E-state index is -0.178. The number of nitrogen functional groups attached to an aromatic ring is 1. The van der Waals surface area contributed by atoms with Crippen LogP contribution in [0.1, 0.15) is 18.4 Å². The first-order valence-corrected chi connectivity index (χ1v) is 6.01. The number of hydrogen-bond acceptors (Lipinski definition) is 3. The van der Waals surface area contributed by atoms with Crippen LogP contribution in [0.5, 0.6) is 0 Å². The number of primary amides is 1. The lowest BCUT2D eigenvalue weighted by Gasteiger charge is -2.31. The molecule has 2 rings (SSSR count). The van der Waals surface area contributed by atoms with Crippen molar-refractivity contribution >= 4 is 11.6 Å². The van der Waals surface area contributed by atoms with Crippen molar-refractivity contribution in [3.8, 4) is 0 Å². The number of carbonyl (C=O) groups is 1. The Morgan fingerprint density at radius 1 is 1.47 bits per heavy atom. The summed E-state index contributed by atoms with van der Waals surface area (Å²) in [6.45, 7) is 2.64. The number of anilines is 1. The van der Waals surface area contributed by atoms with Gasteiger partial charge in [0.15, 0.2) is 0 Å². The van der Waals surface area contributed by atoms with Gasteiger partial charge in [-0.25, -0.2) is 0 Å². The van der Waals surface area contributed by atoms with E-state index in [-0.39, 0.29) is 11.8 Å². The lowest BCUT2D eigenvalue weighted by atomic mass is 9.97. The third kappa shape index (κ3) is 3.20. The number of amides is 1. The van der Waals surface area contributed by atoms with Gasteiger partial charge in [0.2, 0.25) is 5.91 Å². The second-order valence-electron chi connectivity index (χ2n) is 4.72. The van der Waals surface area contributed by atoms with Crippen molar-refractivity contribution in [1.29, 1.82) is 0 Å². The van der Waals surface area contributed by atoms with E-state index < -0.39 is 0 Å². The van der Waals surface area contributed by atoms with Crippen LogP contribution < -0.4 is 11.5 Å². The minimum Gasteiger partial charge on any atom is -0.399 e. The maximum atomic E-state index is 11.2. The van der Waals surface area contributed by atoms with E-state index in [9.17, 15) is 4.79 Å². The van der Waals surface area contributed by atoms with E-state index >= 15 is 0 Å². The fraction of sp³-hybridized carbons (Fsp3) is 0.462. The molecule has 1 saturated heterocycles. The van der Waals surface area contributed by atoms with Crippen molar-refractivity contribution in [2.75, 3.05) is 18.8 Å². The van der Waals surface area contributed by atoms with E-state index in [1.165, 1.54) is 5.56 Å². The van der Waals surface area contributed by atoms with Gasteiger partial charge in [0.1, 0.15) is 0 Å². The Morgan fingerprint density at radius 3 is 3.00 bits per heavy atom. The Kier molecular flexibility index (Phi) is 3.64. The lowest BCUT2D eigenvalue weighted by Crippen LogP contribution is -2.40. The van der Waals surface area contributed by atoms with Gasteiger partial charge in [-0.2, -0.15) is 0 Å². The van der Waals surface area contributed by atoms with E-state index in [1.807, 2.05) is 18.2 Å². The van der Waals surface area contributed by atoms with Crippen molar-refractivity contribution in [2.45, 2.75) is 19.4 Å². The van der Waals surface area contributed by atoms with Gasteiger partial charge in [-0.05, 0) is 37.1 Å². The molecule has 92 valence electrons. The molecule has 0 spiro atoms. The Balaban J connectivity index is 1.97. The minimum absolute atomic E-state index is 0.00445. The first kappa shape index (κ1) is 11.9. The highest BCUT2D eigenvalue weighted by atomic mass is 16.1. The van der Waals surface area contributed by atoms with E-state index in [0.717, 1.165) is 38.2 Å². The van der Waals surface area contributed by atoms with Gasteiger partial charge in [0, 0.05) is 18.8 Å². The summed E-state index contributed by atoms with van der Waals surface area (Å²) in [5.74, 6) is -0.174. The molecule has 1 unspecified atom stereocenters. The predicted octanol–water partition coefficient (Wildman–Crippen LogP) is 0.966. The smallest absolute Gasteiger partial charge is 0.221 e. The van der Waals surface area contributed by atoms with Gasteiger partial charge < -0.3 is 11.5 Å². The number of nitrogens with zero attached hydrogens (tertiary/aromatic N) is 1. The highest BCUT2D eigenvalue weighted by molar-refractivity contribution is 5.76. The molecule has 0 saturated carbocycles. The summed E-state index contributed by atoms with van der Waals surface area (Å²) in [7, 11) is 0. The molecule has 17 heavy (non-hydrogen) atoms. The molecular formula is C13H19N3O. The van der Waals surface area contributed by atoms with E-state index in [0.29, 0.717) is 0 Å². The molecule has 4 nitrogen and oxygen atoms in total. The molecule has 1 amide bonds. The second-order valence-corrected chi connectivity index (χ2v) is 4.72. The highest BCUT2D eigenvalue weighted by Gasteiger charge is 2.23. The van der Waals surface area contributed by atoms with Crippen molar-refractivity contribution in [3.63, 3.8) is 0 Å². The molecule has 1 aliphatic rings. The number of benzene rings is 1. The molecule has 4 N–H and O–H groups in total. The SMILES string of the molecule is NC(=O)C1CCCN(Cc2cccc(N)c2)C1. The van der Waals surface area contributed by atoms with Crippen LogP contribution in [0.4, 0.5) is 5.69 Å². The number of likely N-dealkylation sites (tertiary alicyclic amines) is 1. The molecule has 0 aliphatic carbocycles. The Morgan fingerprint density at radius 2 is 2.29 bits per heavy atom. The van der Waals surface area contributed by atoms with Gasteiger partial charge in [-0.15, -0.1) is 0 Å². The first-order chi connectivity index (χ1) is 8.15. The maximum Gasteiger partial charge on any atom is 0.221 e. The molecule has 1 atom stereocenters. The molecule has 1 aromatic carbocycles. The van der Waals surface area contributed by atoms with Crippen molar-refractivity contribution in [2.24, 2.45) is 11.7 Å². The van der Waals surface area contributed by atoms with Gasteiger partial charge >= 0.3 is 0 Å². The molecule has 0 radical (unpaired) electrons. The number of nitrogens with two attached hydrogens (primary N) is 2. The topological polar surface area (TPSA) is 72.4 Å². The number of hydrogen-bond donors (Lipinski definition) is 2. The monoisotopic (exact) mass is 233 g/mol. The zero-order valence-electron chi connectivity index (χ0n) is 9.93. The summed E-state index contributed by atoms with van der Waals surface area (Å²) in [4.78, 5) is 13.5. The van der Waals surface area contributed by atoms with Crippen molar-refractivity contribution < 1.29 is 4.79 Å². The number of carbonyl (C=O) groups excluding carboxylic acids is 1. The lowest BCUT2D eigenvalue weighted by molar-refractivity contribution is -0.123. The zero-order valence-corrected chi connectivity index (χ0v) is 9.93. The van der Waals surface area contributed by atoms with Crippen LogP contribution in [-0.2, 0) is 11.3 Å². The average molecular weight is 233 g/mol. The van der Waals surface area contributed by atoms with Crippen LogP contribution in [0, 0.1) is 5.92 Å². The van der Waals surface area contributed by atoms with Crippen LogP contribution in [0.15, 0.2) is 24.3 Å². The van der Waals surface area contributed by atoms with E-state index in [2.05, 4.69) is 11.0 Å². The van der Waals surface area contributed by atoms with Gasteiger partial charge in [0.05, 0.1) is 5.92 Å². The van der Waals surface area contributed by atoms with Gasteiger partial charge in [-0.3, -0.25) is 9.69 Å². The molecule has 4 heteroatoms. The van der Waals surface area contributed by atoms with Gasteiger partial charge in [0.25, 0.3) is 0 Å². The van der Waals surface area contributed by atoms with Crippen LogP contribution in [-0.4, -0.2) is 23.9 Å². The summed E-state index contributed by atoms with van der Waals surface area (Å²) >= 11 is 0. The zero-order chi connectivity index (χ0) is 12.3. The molecule has 0 aromatic heterocycles. The standard InChI is InChI=1S/C13H19N3O/c14-12-5-1-3-10(7-12)8-16-6-2-4-11(9-16)13(15)17/h1,3,5,7,11H,2,4,6,8-9,14H2,(H2,15,17). The summed E-state index contributed by atoms with van der Waals surface area (Å²) in [6.07, 6.45) is 1.96. The van der Waals surface area contributed by atoms with Crippen LogP contribution in [0.2, 0.25) is 0 Å². The van der Waals surface area contributed by atoms with E-state index in [1.54, 1.807) is 0 Å². The Labute approximate surface area is 102 Å². The summed E-state index contributed by atoms with van der Waals surface area (Å²) in [6, 6.07) is 7.88. The van der Waals surface area contributed by atoms with Crippen LogP contribution >= 0.6 is 0 Å². The average Bonchev–Trinajstić information content (AvgIpc) is 2.29. The Bertz CT molecular complexity index is 405. The quantitative estimate of drug-likeness (QED) is 0.764. The fourth-order valence-corrected chi connectivity index (χ4v) is 2.38. The molecule has 0 bridgehead atoms. The van der Waals surface area contributed by atoms with Gasteiger partial charge in [-0.1, -0.05) is 12.1 Å². The third-order valence-electron chi connectivity index (χ3n) is 3.27. The summed E-state index contributed by atoms with van der Waals surface area (Å²) in [5, 5.41) is 0.